The Kier molecular flexibility index (Phi) is 5.25. The topological polar surface area (TPSA) is 88.1 Å². The normalized spacial score (nSPS) is 19.1. The number of anilines is 1. The molecule has 1 aromatic carbocycles. The van der Waals surface area contributed by atoms with Crippen LogP contribution in [0.2, 0.25) is 0 Å². The number of aromatic amines is 1. The number of nitrogens with one attached hydrogen (secondary N) is 1. The fourth-order valence-corrected chi connectivity index (χ4v) is 7.12. The van der Waals surface area contributed by atoms with E-state index in [1.165, 1.54) is 23.3 Å². The van der Waals surface area contributed by atoms with Gasteiger partial charge in [-0.05, 0) is 47.9 Å². The molecule has 4 aromatic heterocycles. The van der Waals surface area contributed by atoms with Gasteiger partial charge < -0.3 is 15.6 Å². The van der Waals surface area contributed by atoms with Gasteiger partial charge in [-0.2, -0.15) is 18.2 Å². The number of nitrogens with zero attached hydrogens (tertiary/aromatic N) is 5. The Hall–Kier alpha value is -3.57. The number of halogens is 3. The lowest BCUT2D eigenvalue weighted by Gasteiger charge is -2.42. The fourth-order valence-electron chi connectivity index (χ4n) is 6.07. The van der Waals surface area contributed by atoms with Crippen LogP contribution in [0.3, 0.4) is 0 Å². The van der Waals surface area contributed by atoms with Crippen molar-refractivity contribution >= 4 is 34.4 Å². The van der Waals surface area contributed by atoms with E-state index in [4.69, 9.17) is 10.7 Å². The number of fused-ring (bicyclic) bond motifs is 4. The summed E-state index contributed by atoms with van der Waals surface area (Å²) in [6, 6.07) is 11.4. The quantitative estimate of drug-likeness (QED) is 0.312. The minimum absolute atomic E-state index is 0.0293. The van der Waals surface area contributed by atoms with Gasteiger partial charge in [0.25, 0.3) is 0 Å². The summed E-state index contributed by atoms with van der Waals surface area (Å²) in [7, 11) is 0. The van der Waals surface area contributed by atoms with Crippen molar-refractivity contribution in [1.82, 2.24) is 24.3 Å². The highest BCUT2D eigenvalue weighted by Crippen LogP contribution is 2.51. The molecule has 7 rings (SSSR count). The minimum atomic E-state index is -4.54. The van der Waals surface area contributed by atoms with Crippen LogP contribution in [-0.2, 0) is 12.6 Å². The van der Waals surface area contributed by atoms with E-state index in [2.05, 4.69) is 44.1 Å². The summed E-state index contributed by atoms with van der Waals surface area (Å²) in [6.07, 6.45) is 4.75. The average Bonchev–Trinajstić information content (AvgIpc) is 3.61. The van der Waals surface area contributed by atoms with E-state index in [1.807, 2.05) is 10.6 Å². The number of imidazole rings is 1. The number of hydrogen-bond acceptors (Lipinski definition) is 6. The zero-order valence-electron chi connectivity index (χ0n) is 20.2. The average molecular weight is 536 g/mol. The van der Waals surface area contributed by atoms with Gasteiger partial charge in [0.05, 0.1) is 5.39 Å². The van der Waals surface area contributed by atoms with E-state index in [1.54, 1.807) is 12.4 Å². The third-order valence-corrected chi connectivity index (χ3v) is 9.10. The van der Waals surface area contributed by atoms with Gasteiger partial charge >= 0.3 is 6.18 Å². The van der Waals surface area contributed by atoms with Crippen LogP contribution in [0.15, 0.2) is 71.0 Å². The molecule has 38 heavy (non-hydrogen) atoms. The van der Waals surface area contributed by atoms with Crippen molar-refractivity contribution in [2.24, 2.45) is 11.1 Å². The van der Waals surface area contributed by atoms with Crippen molar-refractivity contribution in [2.45, 2.75) is 41.3 Å². The predicted molar refractivity (Wildman–Crippen MR) is 139 cm³/mol. The highest BCUT2D eigenvalue weighted by Gasteiger charge is 2.46. The standard InChI is InChI=1S/C27H24F3N7S/c28-27(29,30)22-18(6-3-9-32-22)38-19-15-34-23-20(19)24-33-10-13-37(24)25(35-23)36-11-7-26(8-12-36)14-16-4-1-2-5-17(16)21(26)31/h1-6,9-10,13,15,21,34H,7-8,11-12,14,31H2/t21-/m1/s1. The lowest BCUT2D eigenvalue weighted by atomic mass is 9.73. The number of piperidine rings is 1. The number of aromatic nitrogens is 5. The SMILES string of the molecule is N[C@@H]1c2ccccc2CC12CCN(c1nc3[nH]cc(Sc4cccnc4C(F)(F)F)c3c3nccn13)CC2. The van der Waals surface area contributed by atoms with E-state index in [0.29, 0.717) is 21.6 Å². The number of H-pyrrole nitrogens is 1. The molecule has 0 bridgehead atoms. The second-order valence-corrected chi connectivity index (χ2v) is 11.1. The number of rotatable bonds is 3. The molecule has 194 valence electrons. The van der Waals surface area contributed by atoms with Crippen LogP contribution in [0.25, 0.3) is 16.7 Å². The molecule has 3 N–H and O–H groups in total. The molecule has 11 heteroatoms. The van der Waals surface area contributed by atoms with Crippen LogP contribution >= 0.6 is 11.8 Å². The van der Waals surface area contributed by atoms with E-state index >= 15 is 0 Å². The Labute approximate surface area is 220 Å². The highest BCUT2D eigenvalue weighted by molar-refractivity contribution is 7.99. The van der Waals surface area contributed by atoms with Crippen molar-refractivity contribution in [1.29, 1.82) is 0 Å². The Bertz CT molecular complexity index is 1670. The first-order valence-electron chi connectivity index (χ1n) is 12.5. The van der Waals surface area contributed by atoms with Gasteiger partial charge in [-0.25, -0.2) is 4.98 Å². The summed E-state index contributed by atoms with van der Waals surface area (Å²) in [5, 5.41) is 0.683. The lowest BCUT2D eigenvalue weighted by molar-refractivity contribution is -0.143. The van der Waals surface area contributed by atoms with Gasteiger partial charge in [0, 0.05) is 53.7 Å². The number of alkyl halides is 3. The second-order valence-electron chi connectivity index (χ2n) is 10.1. The Balaban J connectivity index is 1.21. The van der Waals surface area contributed by atoms with Crippen molar-refractivity contribution in [3.8, 4) is 0 Å². The van der Waals surface area contributed by atoms with Crippen LogP contribution in [-0.4, -0.2) is 37.4 Å². The molecule has 1 spiro atoms. The maximum atomic E-state index is 13.5. The summed E-state index contributed by atoms with van der Waals surface area (Å²) < 4.78 is 42.5. The first kappa shape index (κ1) is 23.5. The molecule has 5 aromatic rings. The molecule has 1 aliphatic carbocycles. The molecule has 0 saturated carbocycles. The molecule has 1 aliphatic heterocycles. The summed E-state index contributed by atoms with van der Waals surface area (Å²) in [5.41, 5.74) is 9.75. The van der Waals surface area contributed by atoms with Crippen LogP contribution in [0.1, 0.15) is 35.7 Å². The largest absolute Gasteiger partial charge is 0.434 e. The molecule has 1 fully saturated rings. The Morgan fingerprint density at radius 2 is 1.84 bits per heavy atom. The molecule has 5 heterocycles. The Morgan fingerprint density at radius 3 is 2.63 bits per heavy atom. The van der Waals surface area contributed by atoms with Crippen LogP contribution in [0, 0.1) is 5.41 Å². The molecule has 0 amide bonds. The minimum Gasteiger partial charge on any atom is -0.345 e. The maximum Gasteiger partial charge on any atom is 0.434 e. The fraction of sp³-hybridized carbons (Fsp3) is 0.296. The van der Waals surface area contributed by atoms with Crippen molar-refractivity contribution < 1.29 is 13.2 Å². The van der Waals surface area contributed by atoms with Gasteiger partial charge in [-0.1, -0.05) is 36.0 Å². The smallest absolute Gasteiger partial charge is 0.345 e. The first-order valence-corrected chi connectivity index (χ1v) is 13.3. The lowest BCUT2D eigenvalue weighted by Crippen LogP contribution is -2.45. The van der Waals surface area contributed by atoms with Crippen LogP contribution in [0.4, 0.5) is 19.1 Å². The van der Waals surface area contributed by atoms with E-state index < -0.39 is 11.9 Å². The maximum absolute atomic E-state index is 13.5. The van der Waals surface area contributed by atoms with Crippen molar-refractivity contribution in [3.05, 3.63) is 78.0 Å². The van der Waals surface area contributed by atoms with Crippen molar-refractivity contribution in [3.63, 3.8) is 0 Å². The molecule has 1 saturated heterocycles. The molecule has 0 unspecified atom stereocenters. The van der Waals surface area contributed by atoms with Gasteiger partial charge in [0.15, 0.2) is 11.3 Å². The number of hydrogen-bond donors (Lipinski definition) is 2. The van der Waals surface area contributed by atoms with E-state index in [0.717, 1.165) is 56.3 Å². The van der Waals surface area contributed by atoms with E-state index in [9.17, 15) is 13.2 Å². The summed E-state index contributed by atoms with van der Waals surface area (Å²) in [4.78, 5) is 19.1. The summed E-state index contributed by atoms with van der Waals surface area (Å²) in [6.45, 7) is 1.61. The molecule has 2 aliphatic rings. The zero-order valence-corrected chi connectivity index (χ0v) is 21.1. The predicted octanol–water partition coefficient (Wildman–Crippen LogP) is 5.62. The van der Waals surface area contributed by atoms with Gasteiger partial charge in [0.1, 0.15) is 5.65 Å². The third kappa shape index (κ3) is 3.59. The summed E-state index contributed by atoms with van der Waals surface area (Å²) >= 11 is 1.01. The molecule has 1 atom stereocenters. The zero-order chi connectivity index (χ0) is 26.1. The number of pyridine rings is 1. The highest BCUT2D eigenvalue weighted by atomic mass is 32.2. The summed E-state index contributed by atoms with van der Waals surface area (Å²) in [5.74, 6) is 0.764. The van der Waals surface area contributed by atoms with E-state index in [-0.39, 0.29) is 16.4 Å². The Morgan fingerprint density at radius 1 is 1.03 bits per heavy atom. The monoisotopic (exact) mass is 535 g/mol. The number of nitrogens with two attached hydrogens (primary N) is 1. The molecule has 0 radical (unpaired) electrons. The van der Waals surface area contributed by atoms with Gasteiger partial charge in [0.2, 0.25) is 5.95 Å². The number of benzene rings is 1. The van der Waals surface area contributed by atoms with Gasteiger partial charge in [-0.15, -0.1) is 0 Å². The first-order chi connectivity index (χ1) is 18.3. The van der Waals surface area contributed by atoms with Crippen molar-refractivity contribution in [2.75, 3.05) is 18.0 Å². The van der Waals surface area contributed by atoms with Crippen LogP contribution < -0.4 is 10.6 Å². The second kappa shape index (κ2) is 8.47. The molecular weight excluding hydrogens is 511 g/mol. The molecular formula is C27H24F3N7S. The molecule has 7 nitrogen and oxygen atoms in total. The van der Waals surface area contributed by atoms with Gasteiger partial charge in [-0.3, -0.25) is 9.38 Å². The van der Waals surface area contributed by atoms with Crippen LogP contribution in [0.5, 0.6) is 0 Å². The third-order valence-electron chi connectivity index (χ3n) is 8.01.